The minimum atomic E-state index is -0.197. The van der Waals surface area contributed by atoms with Crippen LogP contribution in [0.3, 0.4) is 0 Å². The highest BCUT2D eigenvalue weighted by Gasteiger charge is 2.27. The van der Waals surface area contributed by atoms with Crippen molar-refractivity contribution in [2.45, 2.75) is 25.7 Å². The largest absolute Gasteiger partial charge is 0.354 e. The number of hydrogen-bond acceptors (Lipinski definition) is 3. The summed E-state index contributed by atoms with van der Waals surface area (Å²) in [6.07, 6.45) is -0.197. The Morgan fingerprint density at radius 1 is 1.20 bits per heavy atom. The Morgan fingerprint density at radius 3 is 1.70 bits per heavy atom. The first kappa shape index (κ1) is 9.88. The average molecular weight is 147 g/mol. The first-order valence-corrected chi connectivity index (χ1v) is 3.33. The average Bonchev–Trinajstić information content (AvgIpc) is 1.90. The lowest BCUT2D eigenvalue weighted by Crippen LogP contribution is -2.49. The van der Waals surface area contributed by atoms with Gasteiger partial charge in [-0.3, -0.25) is 0 Å². The highest BCUT2D eigenvalue weighted by molar-refractivity contribution is 4.79. The molecule has 0 aromatic carbocycles. The zero-order valence-electron chi connectivity index (χ0n) is 7.39. The summed E-state index contributed by atoms with van der Waals surface area (Å²) in [6, 6.07) is 0. The Hall–Kier alpha value is -0.120. The third kappa shape index (κ3) is 2.25. The maximum Gasteiger partial charge on any atom is 0.174 e. The van der Waals surface area contributed by atoms with Crippen LogP contribution in [-0.2, 0) is 9.47 Å². The van der Waals surface area contributed by atoms with Gasteiger partial charge >= 0.3 is 0 Å². The van der Waals surface area contributed by atoms with E-state index >= 15 is 0 Å². The maximum atomic E-state index is 5.07. The van der Waals surface area contributed by atoms with Crippen molar-refractivity contribution < 1.29 is 9.47 Å². The van der Waals surface area contributed by atoms with Gasteiger partial charge < -0.3 is 14.8 Å². The minimum absolute atomic E-state index is 0.135. The first-order valence-electron chi connectivity index (χ1n) is 3.33. The number of likely N-dealkylation sites (N-methyl/N-ethyl adjacent to an activating group) is 1. The van der Waals surface area contributed by atoms with E-state index in [2.05, 4.69) is 5.32 Å². The van der Waals surface area contributed by atoms with E-state index < -0.39 is 0 Å². The molecule has 0 aliphatic heterocycles. The third-order valence-electron chi connectivity index (χ3n) is 1.66. The van der Waals surface area contributed by atoms with Gasteiger partial charge in [0.1, 0.15) is 0 Å². The molecule has 10 heavy (non-hydrogen) atoms. The topological polar surface area (TPSA) is 30.5 Å². The van der Waals surface area contributed by atoms with Gasteiger partial charge in [0.05, 0.1) is 5.54 Å². The Balaban J connectivity index is 3.97. The van der Waals surface area contributed by atoms with Gasteiger partial charge in [-0.25, -0.2) is 0 Å². The number of nitrogens with one attached hydrogen (secondary N) is 1. The Morgan fingerprint density at radius 2 is 1.60 bits per heavy atom. The highest BCUT2D eigenvalue weighted by atomic mass is 16.7. The molecule has 1 N–H and O–H groups in total. The summed E-state index contributed by atoms with van der Waals surface area (Å²) in [4.78, 5) is 0. The van der Waals surface area contributed by atoms with Crippen molar-refractivity contribution in [2.24, 2.45) is 0 Å². The molecule has 0 aliphatic carbocycles. The molecule has 0 spiro atoms. The first-order chi connectivity index (χ1) is 4.58. The molecule has 0 bridgehead atoms. The summed E-state index contributed by atoms with van der Waals surface area (Å²) in [5.41, 5.74) is -0.135. The van der Waals surface area contributed by atoms with Crippen LogP contribution in [0.4, 0.5) is 0 Å². The van der Waals surface area contributed by atoms with Gasteiger partial charge in [0.15, 0.2) is 6.29 Å². The van der Waals surface area contributed by atoms with Gasteiger partial charge in [0.2, 0.25) is 0 Å². The molecule has 0 aromatic heterocycles. The molecule has 0 saturated carbocycles. The van der Waals surface area contributed by atoms with Crippen LogP contribution in [0.25, 0.3) is 0 Å². The van der Waals surface area contributed by atoms with Gasteiger partial charge in [-0.2, -0.15) is 0 Å². The SMILES string of the molecule is CNC(C)(C)C(OC)OC. The van der Waals surface area contributed by atoms with Crippen molar-refractivity contribution in [1.29, 1.82) is 0 Å². The molecule has 3 heteroatoms. The van der Waals surface area contributed by atoms with E-state index in [0.717, 1.165) is 0 Å². The predicted octanol–water partition coefficient (Wildman–Crippen LogP) is 0.603. The van der Waals surface area contributed by atoms with Crippen molar-refractivity contribution in [3.05, 3.63) is 0 Å². The molecule has 0 saturated heterocycles. The molecule has 62 valence electrons. The van der Waals surface area contributed by atoms with Gasteiger partial charge in [-0.15, -0.1) is 0 Å². The molecular weight excluding hydrogens is 130 g/mol. The molecule has 0 radical (unpaired) electrons. The van der Waals surface area contributed by atoms with Gasteiger partial charge in [-0.1, -0.05) is 0 Å². The fourth-order valence-corrected chi connectivity index (χ4v) is 0.803. The second-order valence-electron chi connectivity index (χ2n) is 2.78. The summed E-state index contributed by atoms with van der Waals surface area (Å²) in [5, 5.41) is 3.09. The van der Waals surface area contributed by atoms with Crippen LogP contribution in [0.5, 0.6) is 0 Å². The summed E-state index contributed by atoms with van der Waals surface area (Å²) in [5.74, 6) is 0. The van der Waals surface area contributed by atoms with E-state index in [1.165, 1.54) is 0 Å². The van der Waals surface area contributed by atoms with Crippen molar-refractivity contribution in [1.82, 2.24) is 5.32 Å². The van der Waals surface area contributed by atoms with Crippen LogP contribution in [0.1, 0.15) is 13.8 Å². The molecular formula is C7H17NO2. The van der Waals surface area contributed by atoms with E-state index in [9.17, 15) is 0 Å². The fourth-order valence-electron chi connectivity index (χ4n) is 0.803. The lowest BCUT2D eigenvalue weighted by atomic mass is 10.1. The quantitative estimate of drug-likeness (QED) is 0.591. The zero-order chi connectivity index (χ0) is 8.20. The summed E-state index contributed by atoms with van der Waals surface area (Å²) < 4.78 is 10.1. The van der Waals surface area contributed by atoms with E-state index in [-0.39, 0.29) is 11.8 Å². The number of rotatable bonds is 4. The second kappa shape index (κ2) is 3.91. The molecule has 0 atom stereocenters. The van der Waals surface area contributed by atoms with Crippen LogP contribution in [0, 0.1) is 0 Å². The van der Waals surface area contributed by atoms with Crippen LogP contribution >= 0.6 is 0 Å². The molecule has 0 fully saturated rings. The number of methoxy groups -OCH3 is 2. The van der Waals surface area contributed by atoms with Crippen LogP contribution in [0.15, 0.2) is 0 Å². The van der Waals surface area contributed by atoms with Gasteiger partial charge in [-0.05, 0) is 20.9 Å². The van der Waals surface area contributed by atoms with E-state index in [1.807, 2.05) is 20.9 Å². The Labute approximate surface area is 62.7 Å². The van der Waals surface area contributed by atoms with Crippen LogP contribution < -0.4 is 5.32 Å². The lowest BCUT2D eigenvalue weighted by Gasteiger charge is -2.31. The molecule has 3 nitrogen and oxygen atoms in total. The molecule has 0 rings (SSSR count). The Kier molecular flexibility index (Phi) is 3.86. The summed E-state index contributed by atoms with van der Waals surface area (Å²) in [7, 11) is 5.14. The summed E-state index contributed by atoms with van der Waals surface area (Å²) >= 11 is 0. The van der Waals surface area contributed by atoms with Crippen molar-refractivity contribution >= 4 is 0 Å². The van der Waals surface area contributed by atoms with Crippen molar-refractivity contribution in [3.63, 3.8) is 0 Å². The highest BCUT2D eigenvalue weighted by Crippen LogP contribution is 2.11. The van der Waals surface area contributed by atoms with Crippen molar-refractivity contribution in [2.75, 3.05) is 21.3 Å². The van der Waals surface area contributed by atoms with Crippen molar-refractivity contribution in [3.8, 4) is 0 Å². The molecule has 0 aliphatic rings. The van der Waals surface area contributed by atoms with E-state index in [4.69, 9.17) is 9.47 Å². The number of hydrogen-bond donors (Lipinski definition) is 1. The molecule has 0 heterocycles. The summed E-state index contributed by atoms with van der Waals surface area (Å²) in [6.45, 7) is 4.04. The van der Waals surface area contributed by atoms with E-state index in [0.29, 0.717) is 0 Å². The van der Waals surface area contributed by atoms with Crippen LogP contribution in [0.2, 0.25) is 0 Å². The minimum Gasteiger partial charge on any atom is -0.354 e. The zero-order valence-corrected chi connectivity index (χ0v) is 7.39. The monoisotopic (exact) mass is 147 g/mol. The smallest absolute Gasteiger partial charge is 0.174 e. The maximum absolute atomic E-state index is 5.07. The molecule has 0 aromatic rings. The Bertz CT molecular complexity index is 89.6. The number of ether oxygens (including phenoxy) is 2. The van der Waals surface area contributed by atoms with Gasteiger partial charge in [0.25, 0.3) is 0 Å². The van der Waals surface area contributed by atoms with Crippen LogP contribution in [-0.4, -0.2) is 33.1 Å². The predicted molar refractivity (Wildman–Crippen MR) is 40.9 cm³/mol. The van der Waals surface area contributed by atoms with E-state index in [1.54, 1.807) is 14.2 Å². The molecule has 0 amide bonds. The lowest BCUT2D eigenvalue weighted by molar-refractivity contribution is -0.145. The second-order valence-corrected chi connectivity index (χ2v) is 2.78. The normalized spacial score (nSPS) is 12.6. The molecule has 0 unspecified atom stereocenters. The fraction of sp³-hybridized carbons (Fsp3) is 1.00. The van der Waals surface area contributed by atoms with Gasteiger partial charge in [0, 0.05) is 14.2 Å². The standard InChI is InChI=1S/C7H17NO2/c1-7(2,8-3)6(9-4)10-5/h6,8H,1-5H3. The third-order valence-corrected chi connectivity index (χ3v) is 1.66.